The van der Waals surface area contributed by atoms with E-state index in [0.29, 0.717) is 13.2 Å². The number of hydrogen-bond donors (Lipinski definition) is 2. The number of nitrogens with one attached hydrogen (secondary N) is 2. The van der Waals surface area contributed by atoms with Crippen LogP contribution in [0.4, 0.5) is 0 Å². The van der Waals surface area contributed by atoms with Crippen LogP contribution >= 0.6 is 0 Å². The van der Waals surface area contributed by atoms with E-state index in [-0.39, 0.29) is 5.91 Å². The van der Waals surface area contributed by atoms with Crippen molar-refractivity contribution in [3.8, 4) is 5.75 Å². The standard InChI is InChI=1S/C16H23N3O2/c1-2-21-15-8-6-14(7-9-15)12-17-18-16(20)13-19-10-4-3-5-11-19/h6-9,12H,2-5,10-11,13H2,1H3,(H,18,20)/p+1. The average molecular weight is 290 g/mol. The number of quaternary nitrogens is 1. The first-order valence-electron chi connectivity index (χ1n) is 7.66. The summed E-state index contributed by atoms with van der Waals surface area (Å²) in [6.45, 7) is 5.31. The molecule has 1 aliphatic rings. The van der Waals surface area contributed by atoms with Crippen molar-refractivity contribution in [3.63, 3.8) is 0 Å². The summed E-state index contributed by atoms with van der Waals surface area (Å²) in [6, 6.07) is 7.61. The zero-order valence-corrected chi connectivity index (χ0v) is 12.6. The monoisotopic (exact) mass is 290 g/mol. The number of ether oxygens (including phenoxy) is 1. The summed E-state index contributed by atoms with van der Waals surface area (Å²) >= 11 is 0. The van der Waals surface area contributed by atoms with E-state index in [4.69, 9.17) is 4.74 Å². The molecule has 1 saturated heterocycles. The Labute approximate surface area is 126 Å². The molecule has 2 rings (SSSR count). The van der Waals surface area contributed by atoms with Crippen LogP contribution in [-0.2, 0) is 4.79 Å². The Morgan fingerprint density at radius 3 is 2.67 bits per heavy atom. The van der Waals surface area contributed by atoms with E-state index >= 15 is 0 Å². The van der Waals surface area contributed by atoms with Crippen molar-refractivity contribution in [1.82, 2.24) is 5.43 Å². The maximum absolute atomic E-state index is 11.8. The molecule has 0 radical (unpaired) electrons. The number of nitrogens with zero attached hydrogens (tertiary/aromatic N) is 1. The highest BCUT2D eigenvalue weighted by molar-refractivity contribution is 5.82. The third kappa shape index (κ3) is 5.55. The van der Waals surface area contributed by atoms with Crippen LogP contribution < -0.4 is 15.1 Å². The molecule has 1 aromatic carbocycles. The van der Waals surface area contributed by atoms with E-state index in [1.165, 1.54) is 24.2 Å². The number of likely N-dealkylation sites (tertiary alicyclic amines) is 1. The largest absolute Gasteiger partial charge is 0.494 e. The van der Waals surface area contributed by atoms with Gasteiger partial charge < -0.3 is 9.64 Å². The van der Waals surface area contributed by atoms with Crippen LogP contribution in [0.15, 0.2) is 29.4 Å². The van der Waals surface area contributed by atoms with Gasteiger partial charge in [-0.15, -0.1) is 0 Å². The number of benzene rings is 1. The first-order chi connectivity index (χ1) is 10.3. The van der Waals surface area contributed by atoms with Crippen LogP contribution in [0.2, 0.25) is 0 Å². The van der Waals surface area contributed by atoms with Gasteiger partial charge in [0.1, 0.15) is 5.75 Å². The molecule has 0 aromatic heterocycles. The number of piperidine rings is 1. The molecule has 5 heteroatoms. The van der Waals surface area contributed by atoms with Crippen LogP contribution in [-0.4, -0.2) is 38.4 Å². The fourth-order valence-corrected chi connectivity index (χ4v) is 2.49. The van der Waals surface area contributed by atoms with Crippen molar-refractivity contribution in [2.45, 2.75) is 26.2 Å². The lowest BCUT2D eigenvalue weighted by Crippen LogP contribution is -3.13. The molecule has 1 aliphatic heterocycles. The van der Waals surface area contributed by atoms with Gasteiger partial charge in [-0.2, -0.15) is 5.10 Å². The van der Waals surface area contributed by atoms with Crippen molar-refractivity contribution in [3.05, 3.63) is 29.8 Å². The first-order valence-corrected chi connectivity index (χ1v) is 7.66. The van der Waals surface area contributed by atoms with Crippen molar-refractivity contribution in [1.29, 1.82) is 0 Å². The van der Waals surface area contributed by atoms with Crippen LogP contribution in [0, 0.1) is 0 Å². The fraction of sp³-hybridized carbons (Fsp3) is 0.500. The lowest BCUT2D eigenvalue weighted by molar-refractivity contribution is -0.896. The van der Waals surface area contributed by atoms with E-state index in [1.54, 1.807) is 6.21 Å². The maximum atomic E-state index is 11.8. The Hall–Kier alpha value is -1.88. The number of hydrogen-bond acceptors (Lipinski definition) is 3. The Balaban J connectivity index is 1.74. The lowest BCUT2D eigenvalue weighted by Gasteiger charge is -2.22. The minimum absolute atomic E-state index is 0.0194. The summed E-state index contributed by atoms with van der Waals surface area (Å²) in [4.78, 5) is 13.1. The SMILES string of the molecule is CCOc1ccc(C=NNC(=O)C[NH+]2CCCCC2)cc1. The predicted molar refractivity (Wildman–Crippen MR) is 82.8 cm³/mol. The molecule has 0 bridgehead atoms. The van der Waals surface area contributed by atoms with Gasteiger partial charge in [-0.25, -0.2) is 5.43 Å². The smallest absolute Gasteiger partial charge is 0.295 e. The molecule has 0 unspecified atom stereocenters. The van der Waals surface area contributed by atoms with Crippen molar-refractivity contribution in [2.24, 2.45) is 5.10 Å². The summed E-state index contributed by atoms with van der Waals surface area (Å²) in [6.07, 6.45) is 5.39. The second-order valence-electron chi connectivity index (χ2n) is 5.28. The van der Waals surface area contributed by atoms with Crippen LogP contribution in [0.5, 0.6) is 5.75 Å². The van der Waals surface area contributed by atoms with Crippen molar-refractivity contribution >= 4 is 12.1 Å². The third-order valence-electron chi connectivity index (χ3n) is 3.57. The molecule has 1 amide bonds. The van der Waals surface area contributed by atoms with Crippen molar-refractivity contribution < 1.29 is 14.4 Å². The summed E-state index contributed by atoms with van der Waals surface area (Å²) < 4.78 is 5.37. The van der Waals surface area contributed by atoms with E-state index in [9.17, 15) is 4.79 Å². The zero-order chi connectivity index (χ0) is 14.9. The van der Waals surface area contributed by atoms with Crippen LogP contribution in [0.25, 0.3) is 0 Å². The second kappa shape index (κ2) is 8.42. The Morgan fingerprint density at radius 2 is 2.00 bits per heavy atom. The van der Waals surface area contributed by atoms with Crippen LogP contribution in [0.1, 0.15) is 31.7 Å². The molecule has 0 atom stereocenters. The predicted octanol–water partition coefficient (Wildman–Crippen LogP) is 0.604. The Bertz CT molecular complexity index is 465. The molecule has 1 aromatic rings. The maximum Gasteiger partial charge on any atom is 0.295 e. The number of carbonyl (C=O) groups excluding carboxylic acids is 1. The molecular weight excluding hydrogens is 266 g/mol. The topological polar surface area (TPSA) is 55.1 Å². The van der Waals surface area contributed by atoms with Gasteiger partial charge in [-0.1, -0.05) is 0 Å². The highest BCUT2D eigenvalue weighted by Crippen LogP contribution is 2.10. The molecule has 1 heterocycles. The Kier molecular flexibility index (Phi) is 6.22. The summed E-state index contributed by atoms with van der Waals surface area (Å²) in [5.41, 5.74) is 3.53. The zero-order valence-electron chi connectivity index (χ0n) is 12.6. The van der Waals surface area contributed by atoms with Gasteiger partial charge in [0.05, 0.1) is 25.9 Å². The average Bonchev–Trinajstić information content (AvgIpc) is 2.50. The van der Waals surface area contributed by atoms with Gasteiger partial charge in [0.25, 0.3) is 5.91 Å². The van der Waals surface area contributed by atoms with Gasteiger partial charge in [0.15, 0.2) is 6.54 Å². The number of hydrazone groups is 1. The van der Waals surface area contributed by atoms with Gasteiger partial charge in [-0.05, 0) is 56.0 Å². The van der Waals surface area contributed by atoms with Gasteiger partial charge >= 0.3 is 0 Å². The van der Waals surface area contributed by atoms with E-state index < -0.39 is 0 Å². The van der Waals surface area contributed by atoms with E-state index in [1.807, 2.05) is 31.2 Å². The summed E-state index contributed by atoms with van der Waals surface area (Å²) in [7, 11) is 0. The highest BCUT2D eigenvalue weighted by Gasteiger charge is 2.16. The second-order valence-corrected chi connectivity index (χ2v) is 5.28. The molecule has 114 valence electrons. The quantitative estimate of drug-likeness (QED) is 0.595. The number of carbonyl (C=O) groups is 1. The number of amides is 1. The molecule has 21 heavy (non-hydrogen) atoms. The fourth-order valence-electron chi connectivity index (χ4n) is 2.49. The minimum atomic E-state index is -0.0194. The lowest BCUT2D eigenvalue weighted by atomic mass is 10.1. The van der Waals surface area contributed by atoms with Gasteiger partial charge in [0, 0.05) is 0 Å². The first kappa shape index (κ1) is 15.5. The van der Waals surface area contributed by atoms with Crippen LogP contribution in [0.3, 0.4) is 0 Å². The molecular formula is C16H24N3O2+. The van der Waals surface area contributed by atoms with E-state index in [0.717, 1.165) is 24.4 Å². The summed E-state index contributed by atoms with van der Waals surface area (Å²) in [5, 5.41) is 4.00. The third-order valence-corrected chi connectivity index (χ3v) is 3.57. The molecule has 0 spiro atoms. The Morgan fingerprint density at radius 1 is 1.29 bits per heavy atom. The molecule has 1 fully saturated rings. The van der Waals surface area contributed by atoms with Gasteiger partial charge in [0.2, 0.25) is 0 Å². The van der Waals surface area contributed by atoms with Crippen molar-refractivity contribution in [2.75, 3.05) is 26.2 Å². The molecule has 2 N–H and O–H groups in total. The number of rotatable bonds is 6. The normalized spacial score (nSPS) is 16.0. The highest BCUT2D eigenvalue weighted by atomic mass is 16.5. The molecule has 5 nitrogen and oxygen atoms in total. The summed E-state index contributed by atoms with van der Waals surface area (Å²) in [5.74, 6) is 0.821. The van der Waals surface area contributed by atoms with Gasteiger partial charge in [-0.3, -0.25) is 4.79 Å². The minimum Gasteiger partial charge on any atom is -0.494 e. The van der Waals surface area contributed by atoms with E-state index in [2.05, 4.69) is 10.5 Å². The molecule has 0 aliphatic carbocycles. The molecule has 0 saturated carbocycles.